The van der Waals surface area contributed by atoms with Crippen LogP contribution in [0.3, 0.4) is 0 Å². The lowest BCUT2D eigenvalue weighted by atomic mass is 10.1. The zero-order valence-electron chi connectivity index (χ0n) is 16.4. The molecule has 3 aromatic heterocycles. The van der Waals surface area contributed by atoms with Crippen molar-refractivity contribution in [3.63, 3.8) is 0 Å². The molecule has 0 radical (unpaired) electrons. The molecule has 6 rings (SSSR count). The van der Waals surface area contributed by atoms with Gasteiger partial charge in [0.05, 0.1) is 23.6 Å². The van der Waals surface area contributed by atoms with Gasteiger partial charge in [0.15, 0.2) is 18.2 Å². The molecule has 0 unspecified atom stereocenters. The third-order valence-corrected chi connectivity index (χ3v) is 5.31. The van der Waals surface area contributed by atoms with E-state index in [-0.39, 0.29) is 12.5 Å². The zero-order chi connectivity index (χ0) is 20.9. The molecule has 0 spiro atoms. The van der Waals surface area contributed by atoms with Crippen molar-refractivity contribution in [2.24, 2.45) is 0 Å². The molecule has 0 aliphatic carbocycles. The molecular formula is C21H16N8O2. The SMILES string of the molecule is CN1C(=O)COc2ccc(Nc3nc(-c4ccc5cn[nH]c5c4)nc4cn[nH]c34)cc21. The molecule has 1 aliphatic heterocycles. The van der Waals surface area contributed by atoms with Crippen molar-refractivity contribution in [2.45, 2.75) is 0 Å². The molecule has 0 saturated carbocycles. The van der Waals surface area contributed by atoms with Crippen molar-refractivity contribution in [3.05, 3.63) is 48.8 Å². The molecule has 1 amide bonds. The van der Waals surface area contributed by atoms with Crippen LogP contribution in [0.15, 0.2) is 48.8 Å². The van der Waals surface area contributed by atoms with Crippen LogP contribution >= 0.6 is 0 Å². The Bertz CT molecular complexity index is 1470. The van der Waals surface area contributed by atoms with Crippen molar-refractivity contribution >= 4 is 45.0 Å². The minimum atomic E-state index is -0.0980. The third-order valence-electron chi connectivity index (χ3n) is 5.31. The van der Waals surface area contributed by atoms with Crippen LogP contribution in [0.4, 0.5) is 17.2 Å². The number of amides is 1. The van der Waals surface area contributed by atoms with Crippen LogP contribution in [0, 0.1) is 0 Å². The zero-order valence-corrected chi connectivity index (χ0v) is 16.4. The summed E-state index contributed by atoms with van der Waals surface area (Å²) in [5, 5.41) is 18.4. The summed E-state index contributed by atoms with van der Waals surface area (Å²) in [5.74, 6) is 1.70. The smallest absolute Gasteiger partial charge is 0.264 e. The Balaban J connectivity index is 1.43. The molecule has 0 atom stereocenters. The first-order valence-electron chi connectivity index (χ1n) is 9.61. The van der Waals surface area contributed by atoms with Crippen molar-refractivity contribution in [1.82, 2.24) is 30.4 Å². The number of nitrogens with zero attached hydrogens (tertiary/aromatic N) is 5. The van der Waals surface area contributed by atoms with Gasteiger partial charge in [0.1, 0.15) is 16.8 Å². The average Bonchev–Trinajstić information content (AvgIpc) is 3.45. The molecule has 31 heavy (non-hydrogen) atoms. The van der Waals surface area contributed by atoms with Crippen LogP contribution in [0.2, 0.25) is 0 Å². The topological polar surface area (TPSA) is 125 Å². The molecule has 4 heterocycles. The number of likely N-dealkylation sites (N-methyl/N-ethyl adjacent to an activating group) is 1. The molecule has 0 saturated heterocycles. The van der Waals surface area contributed by atoms with E-state index in [1.54, 1.807) is 24.3 Å². The second kappa shape index (κ2) is 6.52. The monoisotopic (exact) mass is 412 g/mol. The molecular weight excluding hydrogens is 396 g/mol. The molecule has 10 heteroatoms. The van der Waals surface area contributed by atoms with Crippen molar-refractivity contribution < 1.29 is 9.53 Å². The fraction of sp³-hybridized carbons (Fsp3) is 0.0952. The van der Waals surface area contributed by atoms with Gasteiger partial charge in [-0.05, 0) is 24.3 Å². The lowest BCUT2D eigenvalue weighted by molar-refractivity contribution is -0.120. The third kappa shape index (κ3) is 2.84. The molecule has 3 N–H and O–H groups in total. The fourth-order valence-corrected chi connectivity index (χ4v) is 3.62. The largest absolute Gasteiger partial charge is 0.482 e. The number of hydrogen-bond acceptors (Lipinski definition) is 7. The fourth-order valence-electron chi connectivity index (χ4n) is 3.62. The quantitative estimate of drug-likeness (QED) is 0.416. The van der Waals surface area contributed by atoms with E-state index in [2.05, 4.69) is 30.7 Å². The maximum absolute atomic E-state index is 12.0. The highest BCUT2D eigenvalue weighted by molar-refractivity contribution is 5.98. The number of rotatable bonds is 3. The average molecular weight is 412 g/mol. The summed E-state index contributed by atoms with van der Waals surface area (Å²) in [4.78, 5) is 22.9. The molecule has 0 bridgehead atoms. The molecule has 10 nitrogen and oxygen atoms in total. The van der Waals surface area contributed by atoms with E-state index in [0.717, 1.165) is 22.2 Å². The highest BCUT2D eigenvalue weighted by atomic mass is 16.5. The summed E-state index contributed by atoms with van der Waals surface area (Å²) in [6, 6.07) is 11.5. The Morgan fingerprint density at radius 1 is 1.06 bits per heavy atom. The summed E-state index contributed by atoms with van der Waals surface area (Å²) in [6.45, 7) is 0.0426. The van der Waals surface area contributed by atoms with E-state index in [0.29, 0.717) is 34.1 Å². The molecule has 5 aromatic rings. The first kappa shape index (κ1) is 17.4. The number of aromatic nitrogens is 6. The number of anilines is 3. The number of carbonyl (C=O) groups is 1. The Kier molecular flexibility index (Phi) is 3.66. The second-order valence-corrected chi connectivity index (χ2v) is 7.25. The Morgan fingerprint density at radius 2 is 1.97 bits per heavy atom. The van der Waals surface area contributed by atoms with Crippen LogP contribution in [-0.2, 0) is 4.79 Å². The predicted octanol–water partition coefficient (Wildman–Crippen LogP) is 3.00. The number of fused-ring (bicyclic) bond motifs is 3. The van der Waals surface area contributed by atoms with E-state index < -0.39 is 0 Å². The maximum atomic E-state index is 12.0. The summed E-state index contributed by atoms with van der Waals surface area (Å²) in [6.07, 6.45) is 3.43. The minimum Gasteiger partial charge on any atom is -0.482 e. The van der Waals surface area contributed by atoms with Crippen molar-refractivity contribution in [1.29, 1.82) is 0 Å². The Hall–Kier alpha value is -4.47. The van der Waals surface area contributed by atoms with Crippen LogP contribution in [0.25, 0.3) is 33.3 Å². The predicted molar refractivity (Wildman–Crippen MR) is 115 cm³/mol. The van der Waals surface area contributed by atoms with Crippen LogP contribution in [0.1, 0.15) is 0 Å². The van der Waals surface area contributed by atoms with Gasteiger partial charge in [-0.25, -0.2) is 9.97 Å². The van der Waals surface area contributed by atoms with E-state index in [1.165, 1.54) is 0 Å². The molecule has 1 aliphatic rings. The highest BCUT2D eigenvalue weighted by Crippen LogP contribution is 2.35. The van der Waals surface area contributed by atoms with Crippen LogP contribution in [-0.4, -0.2) is 49.9 Å². The number of ether oxygens (including phenoxy) is 1. The minimum absolute atomic E-state index is 0.0426. The second-order valence-electron chi connectivity index (χ2n) is 7.25. The summed E-state index contributed by atoms with van der Waals surface area (Å²) < 4.78 is 5.51. The van der Waals surface area contributed by atoms with Gasteiger partial charge in [0.25, 0.3) is 5.91 Å². The van der Waals surface area contributed by atoms with Crippen LogP contribution < -0.4 is 15.0 Å². The number of benzene rings is 2. The van der Waals surface area contributed by atoms with E-state index in [9.17, 15) is 4.79 Å². The number of aromatic amines is 2. The molecule has 152 valence electrons. The number of carbonyl (C=O) groups excluding carboxylic acids is 1. The van der Waals surface area contributed by atoms with Crippen molar-refractivity contribution in [3.8, 4) is 17.1 Å². The number of hydrogen-bond donors (Lipinski definition) is 3. The maximum Gasteiger partial charge on any atom is 0.264 e. The Labute approximate surface area is 175 Å². The van der Waals surface area contributed by atoms with Gasteiger partial charge in [-0.3, -0.25) is 15.0 Å². The van der Waals surface area contributed by atoms with Gasteiger partial charge in [-0.15, -0.1) is 0 Å². The first-order valence-corrected chi connectivity index (χ1v) is 9.61. The van der Waals surface area contributed by atoms with Gasteiger partial charge in [-0.1, -0.05) is 12.1 Å². The lowest BCUT2D eigenvalue weighted by Gasteiger charge is -2.26. The van der Waals surface area contributed by atoms with Gasteiger partial charge in [0, 0.05) is 23.7 Å². The molecule has 2 aromatic carbocycles. The van der Waals surface area contributed by atoms with Gasteiger partial charge in [0.2, 0.25) is 0 Å². The standard InChI is InChI=1S/C21H16N8O2/c1-29-16-7-13(4-5-17(16)31-10-18(29)30)24-21-19-15(9-23-28-19)25-20(26-21)11-2-3-12-8-22-27-14(12)6-11/h2-9H,10H2,1H3,(H,22,27)(H,23,28)(H,24,25,26). The van der Waals surface area contributed by atoms with Gasteiger partial charge in [-0.2, -0.15) is 10.2 Å². The van der Waals surface area contributed by atoms with Gasteiger partial charge >= 0.3 is 0 Å². The van der Waals surface area contributed by atoms with Crippen molar-refractivity contribution in [2.75, 3.05) is 23.9 Å². The van der Waals surface area contributed by atoms with E-state index in [1.807, 2.05) is 36.4 Å². The Morgan fingerprint density at radius 3 is 2.90 bits per heavy atom. The summed E-state index contributed by atoms with van der Waals surface area (Å²) in [5.41, 5.74) is 4.59. The summed E-state index contributed by atoms with van der Waals surface area (Å²) >= 11 is 0. The van der Waals surface area contributed by atoms with E-state index >= 15 is 0 Å². The molecule has 0 fully saturated rings. The first-order chi connectivity index (χ1) is 15.2. The van der Waals surface area contributed by atoms with E-state index in [4.69, 9.17) is 9.72 Å². The summed E-state index contributed by atoms with van der Waals surface area (Å²) in [7, 11) is 1.73. The number of nitrogens with one attached hydrogen (secondary N) is 3. The normalized spacial score (nSPS) is 13.5. The van der Waals surface area contributed by atoms with Crippen LogP contribution in [0.5, 0.6) is 5.75 Å². The van der Waals surface area contributed by atoms with Gasteiger partial charge < -0.3 is 15.0 Å². The lowest BCUT2D eigenvalue weighted by Crippen LogP contribution is -2.35. The number of H-pyrrole nitrogens is 2. The highest BCUT2D eigenvalue weighted by Gasteiger charge is 2.22.